The fraction of sp³-hybridized carbons (Fsp3) is 1.00. The SMILES string of the molecule is IC1CC[C@H]2CCC[C@@H]1O2. The van der Waals surface area contributed by atoms with Gasteiger partial charge in [-0.25, -0.2) is 0 Å². The van der Waals surface area contributed by atoms with Crippen molar-refractivity contribution in [1.29, 1.82) is 0 Å². The van der Waals surface area contributed by atoms with E-state index in [1.165, 1.54) is 32.1 Å². The van der Waals surface area contributed by atoms with Gasteiger partial charge in [-0.15, -0.1) is 0 Å². The van der Waals surface area contributed by atoms with Crippen molar-refractivity contribution in [3.63, 3.8) is 0 Å². The first-order chi connectivity index (χ1) is 4.86. The average Bonchev–Trinajstić information content (AvgIpc) is 1.99. The maximum atomic E-state index is 5.83. The Morgan fingerprint density at radius 1 is 1.10 bits per heavy atom. The van der Waals surface area contributed by atoms with Gasteiger partial charge >= 0.3 is 0 Å². The summed E-state index contributed by atoms with van der Waals surface area (Å²) in [6, 6.07) is 0. The molecule has 2 heteroatoms. The van der Waals surface area contributed by atoms with Gasteiger partial charge in [0.25, 0.3) is 0 Å². The monoisotopic (exact) mass is 252 g/mol. The summed E-state index contributed by atoms with van der Waals surface area (Å²) in [6.45, 7) is 0. The summed E-state index contributed by atoms with van der Waals surface area (Å²) < 4.78 is 6.63. The summed E-state index contributed by atoms with van der Waals surface area (Å²) in [6.07, 6.45) is 7.96. The molecule has 2 saturated heterocycles. The lowest BCUT2D eigenvalue weighted by Crippen LogP contribution is -2.38. The van der Waals surface area contributed by atoms with Crippen LogP contribution in [0.25, 0.3) is 0 Å². The molecule has 0 aromatic heterocycles. The molecule has 2 heterocycles. The summed E-state index contributed by atoms with van der Waals surface area (Å²) in [4.78, 5) is 0. The van der Waals surface area contributed by atoms with Gasteiger partial charge < -0.3 is 4.74 Å². The van der Waals surface area contributed by atoms with Crippen LogP contribution in [0.4, 0.5) is 0 Å². The number of fused-ring (bicyclic) bond motifs is 2. The molecule has 0 aromatic carbocycles. The fourth-order valence-corrected chi connectivity index (χ4v) is 2.83. The van der Waals surface area contributed by atoms with E-state index in [2.05, 4.69) is 22.6 Å². The van der Waals surface area contributed by atoms with Crippen LogP contribution in [0.3, 0.4) is 0 Å². The Bertz CT molecular complexity index is 124. The van der Waals surface area contributed by atoms with Crippen LogP contribution >= 0.6 is 22.6 Å². The van der Waals surface area contributed by atoms with Crippen molar-refractivity contribution in [2.75, 3.05) is 0 Å². The summed E-state index contributed by atoms with van der Waals surface area (Å²) >= 11 is 2.54. The highest BCUT2D eigenvalue weighted by Crippen LogP contribution is 2.34. The van der Waals surface area contributed by atoms with Gasteiger partial charge in [-0.1, -0.05) is 22.6 Å². The van der Waals surface area contributed by atoms with Crippen molar-refractivity contribution in [1.82, 2.24) is 0 Å². The number of hydrogen-bond acceptors (Lipinski definition) is 1. The highest BCUT2D eigenvalue weighted by Gasteiger charge is 2.32. The van der Waals surface area contributed by atoms with Crippen LogP contribution in [0.15, 0.2) is 0 Å². The van der Waals surface area contributed by atoms with E-state index in [0.29, 0.717) is 12.2 Å². The van der Waals surface area contributed by atoms with E-state index in [4.69, 9.17) is 4.74 Å². The van der Waals surface area contributed by atoms with E-state index >= 15 is 0 Å². The fourth-order valence-electron chi connectivity index (χ4n) is 1.94. The minimum absolute atomic E-state index is 0.605. The van der Waals surface area contributed by atoms with Gasteiger partial charge in [0.05, 0.1) is 12.2 Å². The van der Waals surface area contributed by atoms with Crippen molar-refractivity contribution in [3.05, 3.63) is 0 Å². The van der Waals surface area contributed by atoms with E-state index in [1.807, 2.05) is 0 Å². The van der Waals surface area contributed by atoms with Crippen molar-refractivity contribution >= 4 is 22.6 Å². The summed E-state index contributed by atoms with van der Waals surface area (Å²) in [5.41, 5.74) is 0. The molecule has 1 unspecified atom stereocenters. The van der Waals surface area contributed by atoms with Crippen LogP contribution in [-0.2, 0) is 4.74 Å². The lowest BCUT2D eigenvalue weighted by molar-refractivity contribution is -0.0755. The molecular weight excluding hydrogens is 239 g/mol. The third-order valence-electron chi connectivity index (χ3n) is 2.55. The Kier molecular flexibility index (Phi) is 2.18. The van der Waals surface area contributed by atoms with E-state index < -0.39 is 0 Å². The summed E-state index contributed by atoms with van der Waals surface area (Å²) in [5, 5.41) is 0. The molecule has 0 spiro atoms. The van der Waals surface area contributed by atoms with Crippen molar-refractivity contribution in [2.45, 2.75) is 48.2 Å². The largest absolute Gasteiger partial charge is 0.374 e. The lowest BCUT2D eigenvalue weighted by atomic mass is 9.92. The molecule has 2 rings (SSSR count). The summed E-state index contributed by atoms with van der Waals surface area (Å²) in [7, 11) is 0. The minimum Gasteiger partial charge on any atom is -0.374 e. The second kappa shape index (κ2) is 2.97. The van der Waals surface area contributed by atoms with E-state index in [9.17, 15) is 0 Å². The average molecular weight is 252 g/mol. The molecule has 0 amide bonds. The molecule has 2 aliphatic heterocycles. The number of halogens is 1. The van der Waals surface area contributed by atoms with Gasteiger partial charge in [0.15, 0.2) is 0 Å². The molecule has 1 nitrogen and oxygen atoms in total. The number of rotatable bonds is 0. The van der Waals surface area contributed by atoms with Crippen molar-refractivity contribution in [3.8, 4) is 0 Å². The zero-order valence-electron chi connectivity index (χ0n) is 6.05. The normalized spacial score (nSPS) is 47.1. The quantitative estimate of drug-likeness (QED) is 0.475. The number of ether oxygens (including phenoxy) is 1. The molecule has 0 radical (unpaired) electrons. The predicted molar refractivity (Wildman–Crippen MR) is 49.6 cm³/mol. The van der Waals surface area contributed by atoms with E-state index in [-0.39, 0.29) is 0 Å². The van der Waals surface area contributed by atoms with Gasteiger partial charge in [-0.3, -0.25) is 0 Å². The molecule has 3 atom stereocenters. The van der Waals surface area contributed by atoms with Crippen LogP contribution in [-0.4, -0.2) is 16.1 Å². The number of alkyl halides is 1. The third-order valence-corrected chi connectivity index (χ3v) is 3.97. The van der Waals surface area contributed by atoms with Crippen LogP contribution in [0, 0.1) is 0 Å². The van der Waals surface area contributed by atoms with Crippen LogP contribution < -0.4 is 0 Å². The summed E-state index contributed by atoms with van der Waals surface area (Å²) in [5.74, 6) is 0. The first-order valence-corrected chi connectivity index (χ1v) is 5.40. The minimum atomic E-state index is 0.605. The van der Waals surface area contributed by atoms with E-state index in [1.54, 1.807) is 0 Å². The Balaban J connectivity index is 2.00. The zero-order chi connectivity index (χ0) is 6.97. The van der Waals surface area contributed by atoms with Crippen molar-refractivity contribution in [2.24, 2.45) is 0 Å². The highest BCUT2D eigenvalue weighted by atomic mass is 127. The van der Waals surface area contributed by atoms with Gasteiger partial charge in [-0.2, -0.15) is 0 Å². The van der Waals surface area contributed by atoms with Crippen LogP contribution in [0.1, 0.15) is 32.1 Å². The first kappa shape index (κ1) is 7.35. The molecular formula is C8H13IO. The smallest absolute Gasteiger partial charge is 0.0696 e. The Hall–Kier alpha value is 0.690. The van der Waals surface area contributed by atoms with E-state index in [0.717, 1.165) is 3.92 Å². The standard InChI is InChI=1S/C8H13IO/c9-7-5-4-6-2-1-3-8(7)10-6/h6-8H,1-5H2/t6-,7?,8+/m1/s1. The molecule has 58 valence electrons. The Labute approximate surface area is 75.7 Å². The topological polar surface area (TPSA) is 9.23 Å². The Morgan fingerprint density at radius 2 is 2.00 bits per heavy atom. The number of hydrogen-bond donors (Lipinski definition) is 0. The zero-order valence-corrected chi connectivity index (χ0v) is 8.21. The Morgan fingerprint density at radius 3 is 2.80 bits per heavy atom. The molecule has 2 fully saturated rings. The molecule has 0 aromatic rings. The van der Waals surface area contributed by atoms with Crippen molar-refractivity contribution < 1.29 is 4.74 Å². The molecule has 0 saturated carbocycles. The maximum absolute atomic E-state index is 5.83. The van der Waals surface area contributed by atoms with Crippen LogP contribution in [0.5, 0.6) is 0 Å². The predicted octanol–water partition coefficient (Wildman–Crippen LogP) is 2.52. The second-order valence-corrected chi connectivity index (χ2v) is 4.92. The first-order valence-electron chi connectivity index (χ1n) is 4.16. The third kappa shape index (κ3) is 1.33. The van der Waals surface area contributed by atoms with Gasteiger partial charge in [0, 0.05) is 3.92 Å². The molecule has 2 aliphatic rings. The van der Waals surface area contributed by atoms with Gasteiger partial charge in [0.1, 0.15) is 0 Å². The second-order valence-electron chi connectivity index (χ2n) is 3.32. The van der Waals surface area contributed by atoms with Crippen LogP contribution in [0.2, 0.25) is 0 Å². The molecule has 2 bridgehead atoms. The maximum Gasteiger partial charge on any atom is 0.0696 e. The highest BCUT2D eigenvalue weighted by molar-refractivity contribution is 14.1. The lowest BCUT2D eigenvalue weighted by Gasteiger charge is -2.38. The molecule has 0 aliphatic carbocycles. The van der Waals surface area contributed by atoms with Gasteiger partial charge in [0.2, 0.25) is 0 Å². The molecule has 0 N–H and O–H groups in total. The van der Waals surface area contributed by atoms with Gasteiger partial charge in [-0.05, 0) is 32.1 Å². The molecule has 10 heavy (non-hydrogen) atoms.